The van der Waals surface area contributed by atoms with Crippen LogP contribution in [0.2, 0.25) is 0 Å². The Morgan fingerprint density at radius 1 is 1.53 bits per heavy atom. The first kappa shape index (κ1) is 14.0. The van der Waals surface area contributed by atoms with Crippen molar-refractivity contribution in [1.29, 1.82) is 0 Å². The molecule has 5 nitrogen and oxygen atoms in total. The van der Waals surface area contributed by atoms with E-state index in [9.17, 15) is 14.9 Å². The van der Waals surface area contributed by atoms with Crippen LogP contribution in [0.4, 0.5) is 5.69 Å². The first-order chi connectivity index (χ1) is 8.93. The van der Waals surface area contributed by atoms with E-state index in [1.165, 1.54) is 6.07 Å². The van der Waals surface area contributed by atoms with Gasteiger partial charge in [-0.25, -0.2) is 0 Å². The summed E-state index contributed by atoms with van der Waals surface area (Å²) >= 11 is 1.60. The van der Waals surface area contributed by atoms with E-state index in [1.54, 1.807) is 30.0 Å². The van der Waals surface area contributed by atoms with Gasteiger partial charge in [0.05, 0.1) is 4.92 Å². The second-order valence-electron chi connectivity index (χ2n) is 5.19. The molecule has 1 aromatic carbocycles. The molecule has 0 aliphatic carbocycles. The third-order valence-electron chi connectivity index (χ3n) is 3.06. The van der Waals surface area contributed by atoms with Crippen LogP contribution in [0.25, 0.3) is 0 Å². The van der Waals surface area contributed by atoms with Crippen molar-refractivity contribution in [1.82, 2.24) is 4.90 Å². The minimum Gasteiger partial charge on any atom is -0.301 e. The number of nitro benzene ring substituents is 1. The van der Waals surface area contributed by atoms with Crippen molar-refractivity contribution < 1.29 is 9.72 Å². The highest BCUT2D eigenvalue weighted by Gasteiger charge is 2.38. The number of nitrogens with zero attached hydrogens (tertiary/aromatic N) is 2. The Kier molecular flexibility index (Phi) is 3.91. The zero-order valence-electron chi connectivity index (χ0n) is 10.9. The van der Waals surface area contributed by atoms with Crippen LogP contribution in [-0.2, 0) is 11.3 Å². The van der Waals surface area contributed by atoms with E-state index in [1.807, 2.05) is 4.90 Å². The molecule has 2 rings (SSSR count). The number of nitro groups is 1. The monoisotopic (exact) mass is 280 g/mol. The summed E-state index contributed by atoms with van der Waals surface area (Å²) in [6.45, 7) is 5.32. The lowest BCUT2D eigenvalue weighted by Gasteiger charge is -2.19. The highest BCUT2D eigenvalue weighted by molar-refractivity contribution is 8.02. The average molecular weight is 280 g/mol. The van der Waals surface area contributed by atoms with E-state index in [2.05, 4.69) is 13.8 Å². The number of rotatable bonds is 4. The van der Waals surface area contributed by atoms with Crippen LogP contribution in [-0.4, -0.2) is 32.8 Å². The fraction of sp³-hybridized carbons (Fsp3) is 0.462. The third kappa shape index (κ3) is 3.13. The van der Waals surface area contributed by atoms with Gasteiger partial charge in [-0.15, -0.1) is 11.8 Å². The molecule has 0 saturated carbocycles. The summed E-state index contributed by atoms with van der Waals surface area (Å²) in [6.07, 6.45) is 0.911. The minimum absolute atomic E-state index is 0.00482. The molecule has 0 radical (unpaired) electrons. The SMILES string of the molecule is CC1(C)CN(Cc2ccccc2[N+](=O)[O-])C(C=O)S1. The molecule has 1 aliphatic rings. The molecule has 1 aromatic rings. The average Bonchev–Trinajstić information content (AvgIpc) is 2.64. The highest BCUT2D eigenvalue weighted by atomic mass is 32.2. The smallest absolute Gasteiger partial charge is 0.273 e. The summed E-state index contributed by atoms with van der Waals surface area (Å²) in [5.74, 6) is 0. The molecule has 1 atom stereocenters. The quantitative estimate of drug-likeness (QED) is 0.481. The standard InChI is InChI=1S/C13H16N2O3S/c1-13(2)9-14(12(8-16)19-13)7-10-5-3-4-6-11(10)15(17)18/h3-6,8,12H,7,9H2,1-2H3. The zero-order chi connectivity index (χ0) is 14.0. The van der Waals surface area contributed by atoms with Crippen molar-refractivity contribution in [2.75, 3.05) is 6.54 Å². The summed E-state index contributed by atoms with van der Waals surface area (Å²) in [5, 5.41) is 10.8. The van der Waals surface area contributed by atoms with Gasteiger partial charge < -0.3 is 4.79 Å². The van der Waals surface area contributed by atoms with Gasteiger partial charge in [0.2, 0.25) is 0 Å². The number of aldehydes is 1. The van der Waals surface area contributed by atoms with Crippen molar-refractivity contribution >= 4 is 23.7 Å². The Balaban J connectivity index is 2.22. The van der Waals surface area contributed by atoms with E-state index >= 15 is 0 Å². The summed E-state index contributed by atoms with van der Waals surface area (Å²) < 4.78 is -0.00482. The number of benzene rings is 1. The number of hydrogen-bond acceptors (Lipinski definition) is 5. The van der Waals surface area contributed by atoms with Gasteiger partial charge in [-0.2, -0.15) is 0 Å². The molecule has 1 saturated heterocycles. The Morgan fingerprint density at radius 3 is 2.84 bits per heavy atom. The van der Waals surface area contributed by atoms with Crippen molar-refractivity contribution in [2.24, 2.45) is 0 Å². The van der Waals surface area contributed by atoms with E-state index in [0.717, 1.165) is 12.8 Å². The van der Waals surface area contributed by atoms with Gasteiger partial charge in [0, 0.05) is 29.5 Å². The molecule has 0 spiro atoms. The first-order valence-electron chi connectivity index (χ1n) is 6.02. The van der Waals surface area contributed by atoms with Gasteiger partial charge in [0.25, 0.3) is 5.69 Å². The molecule has 6 heteroatoms. The van der Waals surface area contributed by atoms with Crippen molar-refractivity contribution in [2.45, 2.75) is 30.5 Å². The van der Waals surface area contributed by atoms with Gasteiger partial charge in [-0.05, 0) is 13.8 Å². The molecule has 102 valence electrons. The van der Waals surface area contributed by atoms with Gasteiger partial charge in [0.15, 0.2) is 0 Å². The van der Waals surface area contributed by atoms with E-state index < -0.39 is 0 Å². The number of carbonyl (C=O) groups excluding carboxylic acids is 1. The minimum atomic E-state index is -0.375. The van der Waals surface area contributed by atoms with Crippen LogP contribution in [0.5, 0.6) is 0 Å². The van der Waals surface area contributed by atoms with Crippen LogP contribution in [0.1, 0.15) is 19.4 Å². The fourth-order valence-corrected chi connectivity index (χ4v) is 3.57. The third-order valence-corrected chi connectivity index (χ3v) is 4.48. The van der Waals surface area contributed by atoms with Gasteiger partial charge in [-0.1, -0.05) is 18.2 Å². The van der Waals surface area contributed by atoms with Crippen LogP contribution >= 0.6 is 11.8 Å². The summed E-state index contributed by atoms with van der Waals surface area (Å²) in [6, 6.07) is 6.68. The topological polar surface area (TPSA) is 63.4 Å². The van der Waals surface area contributed by atoms with Gasteiger partial charge in [-0.3, -0.25) is 15.0 Å². The lowest BCUT2D eigenvalue weighted by atomic mass is 10.1. The van der Waals surface area contributed by atoms with Crippen LogP contribution in [0, 0.1) is 10.1 Å². The second kappa shape index (κ2) is 5.30. The Morgan fingerprint density at radius 2 is 2.21 bits per heavy atom. The van der Waals surface area contributed by atoms with E-state index in [-0.39, 0.29) is 20.7 Å². The maximum atomic E-state index is 11.1. The maximum Gasteiger partial charge on any atom is 0.273 e. The van der Waals surface area contributed by atoms with Gasteiger partial charge >= 0.3 is 0 Å². The molecule has 1 aliphatic heterocycles. The van der Waals surface area contributed by atoms with E-state index in [0.29, 0.717) is 12.1 Å². The van der Waals surface area contributed by atoms with Crippen molar-refractivity contribution in [3.05, 3.63) is 39.9 Å². The largest absolute Gasteiger partial charge is 0.301 e. The molecule has 1 fully saturated rings. The van der Waals surface area contributed by atoms with Crippen molar-refractivity contribution in [3.8, 4) is 0 Å². The molecule has 0 aromatic heterocycles. The zero-order valence-corrected chi connectivity index (χ0v) is 11.7. The molecule has 0 bridgehead atoms. The number of para-hydroxylation sites is 1. The molecule has 0 amide bonds. The maximum absolute atomic E-state index is 11.1. The van der Waals surface area contributed by atoms with Crippen LogP contribution < -0.4 is 0 Å². The summed E-state index contributed by atoms with van der Waals surface area (Å²) in [7, 11) is 0. The van der Waals surface area contributed by atoms with Crippen LogP contribution in [0.3, 0.4) is 0 Å². The first-order valence-corrected chi connectivity index (χ1v) is 6.90. The molecule has 19 heavy (non-hydrogen) atoms. The van der Waals surface area contributed by atoms with Gasteiger partial charge in [0.1, 0.15) is 11.7 Å². The lowest BCUT2D eigenvalue weighted by molar-refractivity contribution is -0.385. The number of thioether (sulfide) groups is 1. The normalized spacial score (nSPS) is 22.3. The second-order valence-corrected chi connectivity index (χ2v) is 7.02. The predicted molar refractivity (Wildman–Crippen MR) is 75.0 cm³/mol. The van der Waals surface area contributed by atoms with E-state index in [4.69, 9.17) is 0 Å². The molecule has 1 heterocycles. The molecule has 1 unspecified atom stereocenters. The molecular formula is C13H16N2O3S. The number of hydrogen-bond donors (Lipinski definition) is 0. The summed E-state index contributed by atoms with van der Waals surface area (Å²) in [4.78, 5) is 23.7. The Labute approximate surface area is 116 Å². The Bertz CT molecular complexity index is 504. The van der Waals surface area contributed by atoms with Crippen LogP contribution in [0.15, 0.2) is 24.3 Å². The number of carbonyl (C=O) groups is 1. The molecule has 0 N–H and O–H groups in total. The predicted octanol–water partition coefficient (Wildman–Crippen LogP) is 2.45. The van der Waals surface area contributed by atoms with Crippen molar-refractivity contribution in [3.63, 3.8) is 0 Å². The lowest BCUT2D eigenvalue weighted by Crippen LogP contribution is -2.31. The highest BCUT2D eigenvalue weighted by Crippen LogP contribution is 2.39. The molecular weight excluding hydrogens is 264 g/mol. The Hall–Kier alpha value is -1.40. The summed E-state index contributed by atoms with van der Waals surface area (Å²) in [5.41, 5.74) is 0.763. The fourth-order valence-electron chi connectivity index (χ4n) is 2.32.